The molecule has 3 fully saturated rings. The molecule has 2 amide bonds. The van der Waals surface area contributed by atoms with Gasteiger partial charge in [-0.3, -0.25) is 9.59 Å². The quantitative estimate of drug-likeness (QED) is 0.391. The molecule has 2 aromatic carbocycles. The van der Waals surface area contributed by atoms with Crippen molar-refractivity contribution in [2.75, 3.05) is 32.7 Å². The summed E-state index contributed by atoms with van der Waals surface area (Å²) in [4.78, 5) is 27.9. The number of piperidine rings is 1. The molecular weight excluding hydrogens is 547 g/mol. The van der Waals surface area contributed by atoms with E-state index in [9.17, 15) is 14.0 Å². The van der Waals surface area contributed by atoms with E-state index in [2.05, 4.69) is 22.4 Å². The highest BCUT2D eigenvalue weighted by molar-refractivity contribution is 5.94. The molecule has 5 rings (SSSR count). The molecule has 2 aliphatic heterocycles. The summed E-state index contributed by atoms with van der Waals surface area (Å²) >= 11 is 0. The molecule has 1 aliphatic carbocycles. The van der Waals surface area contributed by atoms with Crippen molar-refractivity contribution in [2.45, 2.75) is 89.9 Å². The SMILES string of the molecule is CC(C)(C[NH3+])C(=O)NCc1cc(F)cc(OC2CCN(C(=O)c3ccc(O[C@H]4CC[NH2+]C4)c(C4CCCCC4)c3)CC2)c1. The van der Waals surface area contributed by atoms with Crippen LogP contribution in [0.5, 0.6) is 11.5 Å². The van der Waals surface area contributed by atoms with Crippen molar-refractivity contribution in [3.8, 4) is 11.5 Å². The van der Waals surface area contributed by atoms with Gasteiger partial charge in [-0.25, -0.2) is 4.39 Å². The van der Waals surface area contributed by atoms with Gasteiger partial charge in [0.25, 0.3) is 5.91 Å². The lowest BCUT2D eigenvalue weighted by Gasteiger charge is -2.33. The standard InChI is InChI=1S/C34H47FN4O4/c1-34(2,22-36)33(41)38-20-23-16-26(35)19-29(17-23)42-27-11-14-39(15-12-27)32(40)25-8-9-31(43-28-10-13-37-21-28)30(18-25)24-6-4-3-5-7-24/h8-9,16-19,24,27-28,37H,3-7,10-15,20-22,36H2,1-2H3,(H,38,41)/p+2/t28-/m0/s1. The van der Waals surface area contributed by atoms with Crippen molar-refractivity contribution >= 4 is 11.8 Å². The zero-order valence-electron chi connectivity index (χ0n) is 25.8. The van der Waals surface area contributed by atoms with Crippen LogP contribution in [0.3, 0.4) is 0 Å². The van der Waals surface area contributed by atoms with E-state index in [1.807, 2.05) is 30.9 Å². The Labute approximate surface area is 254 Å². The van der Waals surface area contributed by atoms with E-state index >= 15 is 0 Å². The zero-order chi connectivity index (χ0) is 30.4. The summed E-state index contributed by atoms with van der Waals surface area (Å²) in [5.41, 5.74) is 5.81. The molecule has 0 radical (unpaired) electrons. The normalized spacial score (nSPS) is 20.2. The van der Waals surface area contributed by atoms with Crippen LogP contribution >= 0.6 is 0 Å². The molecule has 8 nitrogen and oxygen atoms in total. The van der Waals surface area contributed by atoms with E-state index < -0.39 is 11.2 Å². The van der Waals surface area contributed by atoms with Crippen molar-refractivity contribution in [3.05, 3.63) is 58.9 Å². The number of hydrogen-bond acceptors (Lipinski definition) is 4. The second kappa shape index (κ2) is 14.1. The smallest absolute Gasteiger partial charge is 0.253 e. The van der Waals surface area contributed by atoms with Crippen molar-refractivity contribution in [3.63, 3.8) is 0 Å². The molecule has 2 aromatic rings. The highest BCUT2D eigenvalue weighted by Gasteiger charge is 2.29. The lowest BCUT2D eigenvalue weighted by molar-refractivity contribution is -0.638. The minimum absolute atomic E-state index is 0.0465. The number of likely N-dealkylation sites (tertiary alicyclic amines) is 1. The van der Waals surface area contributed by atoms with E-state index in [0.29, 0.717) is 49.7 Å². The average molecular weight is 597 g/mol. The third kappa shape index (κ3) is 8.06. The number of carbonyl (C=O) groups is 2. The first-order chi connectivity index (χ1) is 20.7. The van der Waals surface area contributed by atoms with E-state index in [-0.39, 0.29) is 30.6 Å². The Hall–Kier alpha value is -3.17. The number of nitrogens with zero attached hydrogens (tertiary/aromatic N) is 1. The second-order valence-corrected chi connectivity index (χ2v) is 13.2. The van der Waals surface area contributed by atoms with Crippen molar-refractivity contribution in [1.29, 1.82) is 0 Å². The molecular formula is C34H49FN4O4+2. The van der Waals surface area contributed by atoms with Crippen LogP contribution in [0.4, 0.5) is 4.39 Å². The maximum Gasteiger partial charge on any atom is 0.253 e. The van der Waals surface area contributed by atoms with Crippen molar-refractivity contribution < 1.29 is 34.5 Å². The predicted molar refractivity (Wildman–Crippen MR) is 162 cm³/mol. The molecule has 6 N–H and O–H groups in total. The summed E-state index contributed by atoms with van der Waals surface area (Å²) in [6, 6.07) is 10.6. The molecule has 234 valence electrons. The van der Waals surface area contributed by atoms with Crippen molar-refractivity contribution in [1.82, 2.24) is 10.2 Å². The Kier molecular flexibility index (Phi) is 10.2. The fraction of sp³-hybridized carbons (Fsp3) is 0.588. The summed E-state index contributed by atoms with van der Waals surface area (Å²) in [5.74, 6) is 1.37. The van der Waals surface area contributed by atoms with Gasteiger partial charge in [-0.05, 0) is 74.1 Å². The van der Waals surface area contributed by atoms with Gasteiger partial charge >= 0.3 is 0 Å². The van der Waals surface area contributed by atoms with Gasteiger partial charge in [-0.15, -0.1) is 0 Å². The zero-order valence-corrected chi connectivity index (χ0v) is 25.8. The largest absolute Gasteiger partial charge is 0.490 e. The van der Waals surface area contributed by atoms with Gasteiger partial charge in [0.15, 0.2) is 6.10 Å². The Morgan fingerprint density at radius 3 is 2.47 bits per heavy atom. The van der Waals surface area contributed by atoms with E-state index in [0.717, 1.165) is 43.7 Å². The van der Waals surface area contributed by atoms with Crippen LogP contribution in [-0.4, -0.2) is 61.6 Å². The highest BCUT2D eigenvalue weighted by atomic mass is 19.1. The molecule has 2 heterocycles. The number of carbonyl (C=O) groups excluding carboxylic acids is 2. The van der Waals surface area contributed by atoms with Gasteiger partial charge < -0.3 is 30.7 Å². The predicted octanol–water partition coefficient (Wildman–Crippen LogP) is 3.16. The van der Waals surface area contributed by atoms with Crippen LogP contribution in [-0.2, 0) is 11.3 Å². The third-order valence-electron chi connectivity index (χ3n) is 9.37. The molecule has 0 spiro atoms. The Balaban J connectivity index is 1.19. The van der Waals surface area contributed by atoms with E-state index in [1.54, 1.807) is 6.07 Å². The number of nitrogens with one attached hydrogen (secondary N) is 1. The first-order valence-corrected chi connectivity index (χ1v) is 16.2. The molecule has 3 aliphatic rings. The van der Waals surface area contributed by atoms with Gasteiger partial charge in [0.05, 0.1) is 18.5 Å². The van der Waals surface area contributed by atoms with Gasteiger partial charge in [-0.2, -0.15) is 0 Å². The summed E-state index contributed by atoms with van der Waals surface area (Å²) in [7, 11) is 0. The fourth-order valence-corrected chi connectivity index (χ4v) is 6.41. The molecule has 9 heteroatoms. The average Bonchev–Trinajstić information content (AvgIpc) is 3.53. The van der Waals surface area contributed by atoms with Crippen LogP contribution in [0.25, 0.3) is 0 Å². The molecule has 0 aromatic heterocycles. The molecule has 1 saturated carbocycles. The molecule has 43 heavy (non-hydrogen) atoms. The second-order valence-electron chi connectivity index (χ2n) is 13.2. The minimum Gasteiger partial charge on any atom is -0.490 e. The topological polar surface area (TPSA) is 112 Å². The lowest BCUT2D eigenvalue weighted by atomic mass is 9.83. The summed E-state index contributed by atoms with van der Waals surface area (Å²) in [6.07, 6.45) is 8.55. The molecule has 0 bridgehead atoms. The Morgan fingerprint density at radius 1 is 1.00 bits per heavy atom. The van der Waals surface area contributed by atoms with Crippen LogP contribution in [0, 0.1) is 11.2 Å². The highest BCUT2D eigenvalue weighted by Crippen LogP contribution is 2.39. The summed E-state index contributed by atoms with van der Waals surface area (Å²) in [6.45, 7) is 7.61. The number of ether oxygens (including phenoxy) is 2. The van der Waals surface area contributed by atoms with E-state index in [4.69, 9.17) is 9.47 Å². The number of nitrogens with two attached hydrogens (primary N) is 1. The first kappa shape index (κ1) is 31.3. The maximum absolute atomic E-state index is 14.4. The van der Waals surface area contributed by atoms with Crippen LogP contribution in [0.2, 0.25) is 0 Å². The number of rotatable bonds is 10. The number of quaternary nitrogens is 2. The molecule has 1 atom stereocenters. The van der Waals surface area contributed by atoms with Gasteiger partial charge in [0.2, 0.25) is 5.91 Å². The van der Waals surface area contributed by atoms with Crippen LogP contribution in [0.1, 0.15) is 92.6 Å². The summed E-state index contributed by atoms with van der Waals surface area (Å²) < 4.78 is 27.0. The van der Waals surface area contributed by atoms with Crippen LogP contribution < -0.4 is 25.8 Å². The number of amides is 2. The number of halogens is 1. The number of benzene rings is 2. The van der Waals surface area contributed by atoms with Gasteiger partial charge in [0, 0.05) is 50.5 Å². The van der Waals surface area contributed by atoms with Crippen molar-refractivity contribution in [2.24, 2.45) is 5.41 Å². The lowest BCUT2D eigenvalue weighted by Crippen LogP contribution is -2.81. The Morgan fingerprint density at radius 2 is 1.77 bits per heavy atom. The summed E-state index contributed by atoms with van der Waals surface area (Å²) in [5, 5.41) is 5.18. The maximum atomic E-state index is 14.4. The molecule has 2 saturated heterocycles. The Bertz CT molecular complexity index is 1270. The van der Waals surface area contributed by atoms with Gasteiger partial charge in [-0.1, -0.05) is 19.3 Å². The van der Waals surface area contributed by atoms with Gasteiger partial charge in [0.1, 0.15) is 30.0 Å². The monoisotopic (exact) mass is 596 g/mol. The van der Waals surface area contributed by atoms with Crippen LogP contribution in [0.15, 0.2) is 36.4 Å². The number of hydrogen-bond donors (Lipinski definition) is 3. The fourth-order valence-electron chi connectivity index (χ4n) is 6.41. The minimum atomic E-state index is -0.584. The van der Waals surface area contributed by atoms with E-state index in [1.165, 1.54) is 37.0 Å². The first-order valence-electron chi connectivity index (χ1n) is 16.2. The molecule has 0 unspecified atom stereocenters. The third-order valence-corrected chi connectivity index (χ3v) is 9.37.